The number of fused-ring (bicyclic) bond motifs is 1. The molecule has 25 heteroatoms. The van der Waals surface area contributed by atoms with Crippen LogP contribution < -0.4 is 5.73 Å². The summed E-state index contributed by atoms with van der Waals surface area (Å²) in [4.78, 5) is 65.8. The largest absolute Gasteiger partial charge is 0.490 e. The van der Waals surface area contributed by atoms with E-state index in [1.54, 1.807) is 0 Å². The van der Waals surface area contributed by atoms with Gasteiger partial charge in [0.2, 0.25) is 0 Å². The van der Waals surface area contributed by atoms with Gasteiger partial charge in [0.1, 0.15) is 30.2 Å². The molecule has 3 unspecified atom stereocenters. The Kier molecular flexibility index (Phi) is 8.04. The number of phosphoric ester groups is 2. The van der Waals surface area contributed by atoms with Crippen LogP contribution in [0.1, 0.15) is 6.23 Å². The molecule has 3 rings (SSSR count). The SMILES string of the molecule is Nc1ncnc2c1ncn2[C@@H]1O[C@H](COP(=O)(O)OP(=O)(O)OP(=O)(O)O)[C@H](OP(=O)(O)O)C1O. The lowest BCUT2D eigenvalue weighted by Gasteiger charge is -2.22. The lowest BCUT2D eigenvalue weighted by Crippen LogP contribution is -2.35. The van der Waals surface area contributed by atoms with Crippen LogP contribution in [-0.2, 0) is 40.7 Å². The molecule has 0 aromatic carbocycles. The third kappa shape index (κ3) is 7.41. The van der Waals surface area contributed by atoms with Gasteiger partial charge in [-0.25, -0.2) is 33.2 Å². The average Bonchev–Trinajstić information content (AvgIpc) is 3.19. The van der Waals surface area contributed by atoms with Crippen molar-refractivity contribution in [1.82, 2.24) is 19.5 Å². The molecule has 198 valence electrons. The lowest BCUT2D eigenvalue weighted by atomic mass is 10.1. The Bertz CT molecular complexity index is 1270. The van der Waals surface area contributed by atoms with E-state index in [1.807, 2.05) is 0 Å². The number of hydrogen-bond acceptors (Lipinski definition) is 14. The summed E-state index contributed by atoms with van der Waals surface area (Å²) in [7, 11) is -22.4. The molecule has 0 spiro atoms. The number of nitrogen functional groups attached to an aromatic ring is 1. The number of aliphatic hydroxyl groups excluding tert-OH is 1. The van der Waals surface area contributed by atoms with Gasteiger partial charge in [0.25, 0.3) is 0 Å². The van der Waals surface area contributed by atoms with Crippen LogP contribution in [0.15, 0.2) is 12.7 Å². The molecule has 35 heavy (non-hydrogen) atoms. The highest BCUT2D eigenvalue weighted by Crippen LogP contribution is 2.66. The van der Waals surface area contributed by atoms with Crippen molar-refractivity contribution in [2.75, 3.05) is 12.3 Å². The van der Waals surface area contributed by atoms with Gasteiger partial charge in [0, 0.05) is 0 Å². The standard InChI is InChI=1S/C10H17N5O16P4/c11-8-5-9(13-2-12-8)15(3-14-5)10-6(16)7(29-32(17,18)19)4(28-10)1-27-34(23,24)31-35(25,26)30-33(20,21)22/h2-4,6-7,10,16H,1H2,(H,23,24)(H,25,26)(H2,11,12,13)(H2,17,18,19)(H2,20,21,22)/t4-,6?,7+,10-/m1/s1. The zero-order valence-electron chi connectivity index (χ0n) is 16.6. The van der Waals surface area contributed by atoms with Crippen LogP contribution in [0.5, 0.6) is 0 Å². The first-order valence-electron chi connectivity index (χ1n) is 8.66. The van der Waals surface area contributed by atoms with Gasteiger partial charge in [-0.05, 0) is 0 Å². The number of ether oxygens (including phenoxy) is 1. The number of aromatic nitrogens is 4. The van der Waals surface area contributed by atoms with E-state index in [0.717, 1.165) is 17.2 Å². The van der Waals surface area contributed by atoms with E-state index in [4.69, 9.17) is 30.0 Å². The van der Waals surface area contributed by atoms with E-state index < -0.39 is 62.4 Å². The summed E-state index contributed by atoms with van der Waals surface area (Å²) < 4.78 is 68.0. The zero-order valence-corrected chi connectivity index (χ0v) is 20.2. The molecule has 0 radical (unpaired) electrons. The highest BCUT2D eigenvalue weighted by Gasteiger charge is 2.50. The van der Waals surface area contributed by atoms with Crippen LogP contribution in [0.3, 0.4) is 0 Å². The molecule has 0 amide bonds. The Labute approximate surface area is 193 Å². The predicted molar refractivity (Wildman–Crippen MR) is 106 cm³/mol. The van der Waals surface area contributed by atoms with Crippen LogP contribution >= 0.6 is 31.3 Å². The monoisotopic (exact) mass is 587 g/mol. The fraction of sp³-hybridized carbons (Fsp3) is 0.500. The lowest BCUT2D eigenvalue weighted by molar-refractivity contribution is -0.0501. The van der Waals surface area contributed by atoms with Gasteiger partial charge < -0.3 is 44.9 Å². The van der Waals surface area contributed by atoms with Crippen LogP contribution in [0.2, 0.25) is 0 Å². The Morgan fingerprint density at radius 1 is 0.971 bits per heavy atom. The smallest absolute Gasteiger partial charge is 0.386 e. The fourth-order valence-electron chi connectivity index (χ4n) is 2.90. The minimum atomic E-state index is -5.83. The summed E-state index contributed by atoms with van der Waals surface area (Å²) >= 11 is 0. The first-order valence-corrected chi connectivity index (χ1v) is 14.7. The molecular formula is C10H17N5O16P4. The van der Waals surface area contributed by atoms with Crippen LogP contribution in [-0.4, -0.2) is 78.9 Å². The zero-order chi connectivity index (χ0) is 26.4. The second kappa shape index (κ2) is 9.92. The van der Waals surface area contributed by atoms with E-state index in [1.165, 1.54) is 0 Å². The number of rotatable bonds is 10. The molecule has 3 heterocycles. The van der Waals surface area contributed by atoms with Crippen molar-refractivity contribution in [2.45, 2.75) is 24.5 Å². The maximum atomic E-state index is 12.0. The third-order valence-corrected chi connectivity index (χ3v) is 8.37. The molecule has 0 bridgehead atoms. The first-order chi connectivity index (χ1) is 15.9. The minimum absolute atomic E-state index is 0.0185. The summed E-state index contributed by atoms with van der Waals surface area (Å²) in [5, 5.41) is 10.6. The van der Waals surface area contributed by atoms with Crippen molar-refractivity contribution in [3.63, 3.8) is 0 Å². The number of aliphatic hydroxyl groups is 1. The van der Waals surface area contributed by atoms with E-state index in [2.05, 4.69) is 32.6 Å². The number of nitrogens with zero attached hydrogens (tertiary/aromatic N) is 4. The molecule has 1 saturated heterocycles. The van der Waals surface area contributed by atoms with Crippen LogP contribution in [0.25, 0.3) is 11.2 Å². The van der Waals surface area contributed by atoms with Gasteiger partial charge in [-0.2, -0.15) is 8.62 Å². The molecular weight excluding hydrogens is 570 g/mol. The van der Waals surface area contributed by atoms with Crippen LogP contribution in [0.4, 0.5) is 5.82 Å². The van der Waals surface area contributed by atoms with Crippen molar-refractivity contribution >= 4 is 48.3 Å². The highest BCUT2D eigenvalue weighted by molar-refractivity contribution is 7.66. The third-order valence-electron chi connectivity index (χ3n) is 4.05. The van der Waals surface area contributed by atoms with Crippen molar-refractivity contribution in [3.8, 4) is 0 Å². The van der Waals surface area contributed by atoms with E-state index in [9.17, 15) is 33.2 Å². The molecule has 0 saturated carbocycles. The number of anilines is 1. The van der Waals surface area contributed by atoms with Gasteiger partial charge >= 0.3 is 31.3 Å². The molecule has 9 N–H and O–H groups in total. The first kappa shape index (κ1) is 28.4. The Hall–Kier alpha value is -1.21. The van der Waals surface area contributed by atoms with Gasteiger partial charge in [-0.1, -0.05) is 0 Å². The fourth-order valence-corrected chi connectivity index (χ4v) is 6.51. The maximum Gasteiger partial charge on any atom is 0.490 e. The highest BCUT2D eigenvalue weighted by atomic mass is 31.3. The molecule has 1 fully saturated rings. The molecule has 6 atom stereocenters. The summed E-state index contributed by atoms with van der Waals surface area (Å²) in [6.07, 6.45) is -4.95. The summed E-state index contributed by atoms with van der Waals surface area (Å²) in [5.74, 6) is -0.0477. The van der Waals surface area contributed by atoms with E-state index in [0.29, 0.717) is 0 Å². The molecule has 1 aliphatic rings. The average molecular weight is 587 g/mol. The topological polar surface area (TPSA) is 326 Å². The van der Waals surface area contributed by atoms with Crippen molar-refractivity contribution < 1.29 is 75.1 Å². The molecule has 0 aliphatic carbocycles. The second-order valence-corrected chi connectivity index (χ2v) is 12.2. The van der Waals surface area contributed by atoms with Gasteiger partial charge in [0.15, 0.2) is 17.7 Å². The van der Waals surface area contributed by atoms with Gasteiger partial charge in [0.05, 0.1) is 12.9 Å². The van der Waals surface area contributed by atoms with Crippen molar-refractivity contribution in [3.05, 3.63) is 12.7 Å². The maximum absolute atomic E-state index is 12.0. The predicted octanol–water partition coefficient (Wildman–Crippen LogP) is -1.51. The Morgan fingerprint density at radius 2 is 1.63 bits per heavy atom. The molecule has 1 aliphatic heterocycles. The van der Waals surface area contributed by atoms with E-state index >= 15 is 0 Å². The summed E-state index contributed by atoms with van der Waals surface area (Å²) in [6, 6.07) is 0. The Morgan fingerprint density at radius 3 is 2.23 bits per heavy atom. The number of nitrogens with two attached hydrogens (primary N) is 1. The minimum Gasteiger partial charge on any atom is -0.386 e. The molecule has 2 aromatic heterocycles. The summed E-state index contributed by atoms with van der Waals surface area (Å²) in [5.41, 5.74) is 5.77. The second-order valence-electron chi connectivity index (χ2n) is 6.59. The van der Waals surface area contributed by atoms with Crippen molar-refractivity contribution in [2.24, 2.45) is 0 Å². The summed E-state index contributed by atoms with van der Waals surface area (Å²) in [6.45, 7) is -1.17. The van der Waals surface area contributed by atoms with Crippen LogP contribution in [0, 0.1) is 0 Å². The van der Waals surface area contributed by atoms with Crippen molar-refractivity contribution in [1.29, 1.82) is 0 Å². The number of imidazole rings is 1. The normalized spacial score (nSPS) is 27.1. The molecule has 21 nitrogen and oxygen atoms in total. The number of phosphoric acid groups is 4. The van der Waals surface area contributed by atoms with E-state index in [-0.39, 0.29) is 17.0 Å². The number of hydrogen-bond donors (Lipinski definition) is 8. The quantitative estimate of drug-likeness (QED) is 0.146. The van der Waals surface area contributed by atoms with Gasteiger partial charge in [-0.15, -0.1) is 0 Å². The molecule has 2 aromatic rings. The Balaban J connectivity index is 1.82. The van der Waals surface area contributed by atoms with Gasteiger partial charge in [-0.3, -0.25) is 13.6 Å².